The molecule has 0 fully saturated rings. The summed E-state index contributed by atoms with van der Waals surface area (Å²) in [6, 6.07) is 12.1. The monoisotopic (exact) mass is 320 g/mol. The molecule has 0 saturated carbocycles. The molecule has 2 heterocycles. The zero-order chi connectivity index (χ0) is 13.9. The molecule has 1 aliphatic rings. The number of guanidine groups is 1. The van der Waals surface area contributed by atoms with Gasteiger partial charge in [0.25, 0.3) is 5.91 Å². The van der Waals surface area contributed by atoms with Crippen LogP contribution in [-0.2, 0) is 11.3 Å². The second-order valence-corrected chi connectivity index (χ2v) is 5.73. The Morgan fingerprint density at radius 3 is 2.90 bits per heavy atom. The van der Waals surface area contributed by atoms with E-state index in [1.807, 2.05) is 48.7 Å². The van der Waals surface area contributed by atoms with E-state index in [2.05, 4.69) is 10.3 Å². The fraction of sp³-hybridized carbons (Fsp3) is 0.200. The number of benzene rings is 1. The molecule has 0 spiro atoms. The number of amides is 1. The average molecular weight is 321 g/mol. The number of hydrogen-bond acceptors (Lipinski definition) is 4. The van der Waals surface area contributed by atoms with Gasteiger partial charge in [-0.25, -0.2) is 4.99 Å². The summed E-state index contributed by atoms with van der Waals surface area (Å²) in [7, 11) is 0. The van der Waals surface area contributed by atoms with Crippen molar-refractivity contribution < 1.29 is 17.2 Å². The van der Waals surface area contributed by atoms with Crippen LogP contribution in [0.2, 0.25) is 0 Å². The molecule has 1 aromatic carbocycles. The van der Waals surface area contributed by atoms with Crippen LogP contribution in [0.25, 0.3) is 0 Å². The minimum atomic E-state index is 0. The van der Waals surface area contributed by atoms with Crippen molar-refractivity contribution in [3.63, 3.8) is 0 Å². The number of halogens is 1. The maximum Gasteiger partial charge on any atom is 0.251 e. The van der Waals surface area contributed by atoms with E-state index >= 15 is 0 Å². The zero-order valence-corrected chi connectivity index (χ0v) is 13.1. The first kappa shape index (κ1) is 15.5. The maximum absolute atomic E-state index is 11.9. The predicted molar refractivity (Wildman–Crippen MR) is 82.0 cm³/mol. The molecule has 2 aromatic rings. The van der Waals surface area contributed by atoms with Crippen LogP contribution < -0.4 is 17.7 Å². The standard InChI is InChI=1S/C15H15N3OS.ClH/c1-11-4-2-5-12(8-11)17-15-16-9-14(19)18(15)10-13-6-3-7-20-13;/h2-8H,9-10H2,1H3,(H,16,17);1H/p-1. The van der Waals surface area contributed by atoms with E-state index in [1.165, 1.54) is 5.56 Å². The highest BCUT2D eigenvalue weighted by Gasteiger charge is 2.25. The van der Waals surface area contributed by atoms with Crippen LogP contribution in [0.1, 0.15) is 10.4 Å². The molecule has 1 amide bonds. The largest absolute Gasteiger partial charge is 1.00 e. The van der Waals surface area contributed by atoms with Crippen molar-refractivity contribution in [3.05, 3.63) is 52.2 Å². The second kappa shape index (κ2) is 6.74. The number of nitrogens with one attached hydrogen (secondary N) is 1. The van der Waals surface area contributed by atoms with Crippen LogP contribution in [0.5, 0.6) is 0 Å². The molecule has 6 heteroatoms. The lowest BCUT2D eigenvalue weighted by Gasteiger charge is -2.18. The van der Waals surface area contributed by atoms with Gasteiger partial charge >= 0.3 is 0 Å². The smallest absolute Gasteiger partial charge is 0.251 e. The van der Waals surface area contributed by atoms with Crippen LogP contribution in [0, 0.1) is 6.92 Å². The van der Waals surface area contributed by atoms with Gasteiger partial charge in [0.2, 0.25) is 5.96 Å². The summed E-state index contributed by atoms with van der Waals surface area (Å²) in [4.78, 5) is 19.1. The van der Waals surface area contributed by atoms with E-state index in [0.717, 1.165) is 10.6 Å². The van der Waals surface area contributed by atoms with Crippen molar-refractivity contribution in [1.82, 2.24) is 4.90 Å². The number of aliphatic imine (C=N–C) groups is 1. The van der Waals surface area contributed by atoms with E-state index in [9.17, 15) is 4.79 Å². The highest BCUT2D eigenvalue weighted by atomic mass is 35.5. The zero-order valence-electron chi connectivity index (χ0n) is 11.5. The van der Waals surface area contributed by atoms with Gasteiger partial charge in [0.1, 0.15) is 6.54 Å². The van der Waals surface area contributed by atoms with Gasteiger partial charge in [-0.1, -0.05) is 18.2 Å². The van der Waals surface area contributed by atoms with Crippen LogP contribution in [0.3, 0.4) is 0 Å². The highest BCUT2D eigenvalue weighted by molar-refractivity contribution is 7.09. The number of carbonyl (C=O) groups excluding carboxylic acids is 1. The number of aryl methyl sites for hydroxylation is 1. The van der Waals surface area contributed by atoms with Crippen molar-refractivity contribution in [3.8, 4) is 0 Å². The number of carbonyl (C=O) groups is 1. The van der Waals surface area contributed by atoms with Gasteiger partial charge in [-0.05, 0) is 36.1 Å². The number of rotatable bonds is 3. The summed E-state index contributed by atoms with van der Waals surface area (Å²) in [5.74, 6) is 0.669. The summed E-state index contributed by atoms with van der Waals surface area (Å²) >= 11 is 1.65. The molecule has 0 saturated heterocycles. The van der Waals surface area contributed by atoms with Crippen LogP contribution in [-0.4, -0.2) is 23.3 Å². The molecule has 3 rings (SSSR count). The van der Waals surface area contributed by atoms with E-state index in [1.54, 1.807) is 16.2 Å². The Hall–Kier alpha value is -1.85. The molecule has 0 unspecified atom stereocenters. The Morgan fingerprint density at radius 2 is 2.19 bits per heavy atom. The third-order valence-corrected chi connectivity index (χ3v) is 3.95. The highest BCUT2D eigenvalue weighted by Crippen LogP contribution is 2.17. The molecule has 0 bridgehead atoms. The van der Waals surface area contributed by atoms with Crippen molar-refractivity contribution >= 4 is 28.9 Å². The number of hydrogen-bond donors (Lipinski definition) is 1. The SMILES string of the molecule is Cc1cccc(NC2=NCC(=O)N2Cc2cccs2)c1.[Cl-]. The number of thiophene rings is 1. The normalized spacial score (nSPS) is 13.9. The Labute approximate surface area is 133 Å². The molecule has 4 nitrogen and oxygen atoms in total. The average Bonchev–Trinajstić information content (AvgIpc) is 3.04. The van der Waals surface area contributed by atoms with Gasteiger partial charge in [0.15, 0.2) is 0 Å². The summed E-state index contributed by atoms with van der Waals surface area (Å²) in [5, 5.41) is 5.25. The van der Waals surface area contributed by atoms with Crippen LogP contribution in [0.15, 0.2) is 46.8 Å². The molecular weight excluding hydrogens is 306 g/mol. The Bertz CT molecular complexity index is 655. The Balaban J connectivity index is 0.00000161. The van der Waals surface area contributed by atoms with Gasteiger partial charge in [-0.2, -0.15) is 0 Å². The molecule has 1 N–H and O–H groups in total. The van der Waals surface area contributed by atoms with E-state index in [0.29, 0.717) is 12.5 Å². The summed E-state index contributed by atoms with van der Waals surface area (Å²) < 4.78 is 0. The van der Waals surface area contributed by atoms with Gasteiger partial charge in [-0.15, -0.1) is 11.3 Å². The number of nitrogens with zero attached hydrogens (tertiary/aromatic N) is 2. The van der Waals surface area contributed by atoms with Crippen LogP contribution in [0.4, 0.5) is 5.69 Å². The second-order valence-electron chi connectivity index (χ2n) is 4.69. The van der Waals surface area contributed by atoms with Crippen molar-refractivity contribution in [1.29, 1.82) is 0 Å². The first-order valence-electron chi connectivity index (χ1n) is 6.43. The molecule has 110 valence electrons. The van der Waals surface area contributed by atoms with Gasteiger partial charge in [0, 0.05) is 10.6 Å². The summed E-state index contributed by atoms with van der Waals surface area (Å²) in [6.07, 6.45) is 0. The van der Waals surface area contributed by atoms with Crippen molar-refractivity contribution in [2.45, 2.75) is 13.5 Å². The molecular formula is C15H15ClN3OS-. The number of anilines is 1. The molecule has 0 radical (unpaired) electrons. The van der Waals surface area contributed by atoms with Gasteiger partial charge in [0.05, 0.1) is 6.54 Å². The topological polar surface area (TPSA) is 44.7 Å². The molecule has 1 aromatic heterocycles. The minimum Gasteiger partial charge on any atom is -1.00 e. The quantitative estimate of drug-likeness (QED) is 0.856. The Morgan fingerprint density at radius 1 is 1.33 bits per heavy atom. The predicted octanol–water partition coefficient (Wildman–Crippen LogP) is -0.129. The molecule has 0 aliphatic carbocycles. The maximum atomic E-state index is 11.9. The fourth-order valence-electron chi connectivity index (χ4n) is 2.11. The lowest BCUT2D eigenvalue weighted by atomic mass is 10.2. The van der Waals surface area contributed by atoms with E-state index < -0.39 is 0 Å². The summed E-state index contributed by atoms with van der Waals surface area (Å²) in [6.45, 7) is 2.84. The fourth-order valence-corrected chi connectivity index (χ4v) is 2.80. The lowest BCUT2D eigenvalue weighted by molar-refractivity contribution is -0.125. The first-order chi connectivity index (χ1) is 9.72. The van der Waals surface area contributed by atoms with E-state index in [4.69, 9.17) is 0 Å². The molecule has 1 aliphatic heterocycles. The first-order valence-corrected chi connectivity index (χ1v) is 7.31. The summed E-state index contributed by atoms with van der Waals surface area (Å²) in [5.41, 5.74) is 2.12. The van der Waals surface area contributed by atoms with Crippen LogP contribution >= 0.6 is 11.3 Å². The minimum absolute atomic E-state index is 0. The lowest BCUT2D eigenvalue weighted by Crippen LogP contribution is -3.00. The Kier molecular flexibility index (Phi) is 4.98. The molecule has 21 heavy (non-hydrogen) atoms. The molecule has 0 atom stereocenters. The van der Waals surface area contributed by atoms with Gasteiger partial charge < -0.3 is 17.7 Å². The van der Waals surface area contributed by atoms with Gasteiger partial charge in [-0.3, -0.25) is 9.69 Å². The third-order valence-electron chi connectivity index (χ3n) is 3.09. The van der Waals surface area contributed by atoms with Crippen molar-refractivity contribution in [2.24, 2.45) is 4.99 Å². The van der Waals surface area contributed by atoms with Crippen molar-refractivity contribution in [2.75, 3.05) is 11.9 Å². The third kappa shape index (κ3) is 3.62. The van der Waals surface area contributed by atoms with E-state index in [-0.39, 0.29) is 24.9 Å².